The fourth-order valence-corrected chi connectivity index (χ4v) is 2.50. The predicted molar refractivity (Wildman–Crippen MR) is 72.2 cm³/mol. The first-order valence-electron chi connectivity index (χ1n) is 6.77. The first kappa shape index (κ1) is 13.8. The van der Waals surface area contributed by atoms with Crippen LogP contribution >= 0.6 is 0 Å². The van der Waals surface area contributed by atoms with Crippen molar-refractivity contribution in [3.63, 3.8) is 0 Å². The second kappa shape index (κ2) is 6.00. The minimum Gasteiger partial charge on any atom is -0.455 e. The van der Waals surface area contributed by atoms with E-state index in [9.17, 15) is 9.18 Å². The predicted octanol–water partition coefficient (Wildman–Crippen LogP) is 3.80. The molecule has 1 aliphatic rings. The van der Waals surface area contributed by atoms with Crippen molar-refractivity contribution in [1.82, 2.24) is 0 Å². The third-order valence-corrected chi connectivity index (χ3v) is 3.45. The summed E-state index contributed by atoms with van der Waals surface area (Å²) in [5.74, 6) is -0.383. The fraction of sp³-hybridized carbons (Fsp3) is 0.438. The molecule has 0 spiro atoms. The number of halogens is 1. The van der Waals surface area contributed by atoms with Crippen molar-refractivity contribution in [1.29, 1.82) is 0 Å². The van der Waals surface area contributed by atoms with Crippen molar-refractivity contribution in [3.8, 4) is 0 Å². The molecule has 0 radical (unpaired) electrons. The summed E-state index contributed by atoms with van der Waals surface area (Å²) in [6.07, 6.45) is 7.58. The number of benzene rings is 1. The Morgan fingerprint density at radius 3 is 2.63 bits per heavy atom. The van der Waals surface area contributed by atoms with Gasteiger partial charge in [-0.3, -0.25) is 4.79 Å². The molecule has 2 rings (SSSR count). The lowest BCUT2D eigenvalue weighted by atomic mass is 9.88. The van der Waals surface area contributed by atoms with Crippen molar-refractivity contribution < 1.29 is 13.9 Å². The zero-order valence-corrected chi connectivity index (χ0v) is 11.2. The standard InChI is InChI=1S/C16H19FO2/c1-2-10-16(11-3-4-15(18)19-16)12-9-13-5-7-14(17)8-6-13/h3,5-8,11H,2,4,9-10,12H2,1H3. The van der Waals surface area contributed by atoms with Gasteiger partial charge in [0.05, 0.1) is 6.42 Å². The molecule has 3 heteroatoms. The smallest absolute Gasteiger partial charge is 0.310 e. The molecule has 1 unspecified atom stereocenters. The van der Waals surface area contributed by atoms with E-state index in [0.717, 1.165) is 31.2 Å². The Bertz CT molecular complexity index is 464. The number of hydrogen-bond acceptors (Lipinski definition) is 2. The van der Waals surface area contributed by atoms with Crippen molar-refractivity contribution in [2.24, 2.45) is 0 Å². The quantitative estimate of drug-likeness (QED) is 0.596. The molecule has 102 valence electrons. The molecule has 1 aromatic rings. The van der Waals surface area contributed by atoms with Gasteiger partial charge in [0.2, 0.25) is 0 Å². The summed E-state index contributed by atoms with van der Waals surface area (Å²) >= 11 is 0. The van der Waals surface area contributed by atoms with Gasteiger partial charge < -0.3 is 4.74 Å². The van der Waals surface area contributed by atoms with Gasteiger partial charge in [0.1, 0.15) is 11.4 Å². The first-order valence-corrected chi connectivity index (χ1v) is 6.77. The van der Waals surface area contributed by atoms with Crippen LogP contribution in [0.3, 0.4) is 0 Å². The van der Waals surface area contributed by atoms with E-state index < -0.39 is 5.60 Å². The number of aryl methyl sites for hydroxylation is 1. The molecule has 1 aliphatic heterocycles. The Labute approximate surface area is 113 Å². The average molecular weight is 262 g/mol. The van der Waals surface area contributed by atoms with Crippen molar-refractivity contribution in [2.75, 3.05) is 0 Å². The molecule has 1 aromatic carbocycles. The summed E-state index contributed by atoms with van der Waals surface area (Å²) in [4.78, 5) is 11.5. The van der Waals surface area contributed by atoms with E-state index in [1.165, 1.54) is 12.1 Å². The minimum absolute atomic E-state index is 0.157. The maximum Gasteiger partial charge on any atom is 0.310 e. The van der Waals surface area contributed by atoms with Gasteiger partial charge in [0.15, 0.2) is 0 Å². The van der Waals surface area contributed by atoms with Gasteiger partial charge in [-0.2, -0.15) is 0 Å². The number of carbonyl (C=O) groups is 1. The number of ether oxygens (including phenoxy) is 1. The van der Waals surface area contributed by atoms with Crippen LogP contribution in [0.15, 0.2) is 36.4 Å². The summed E-state index contributed by atoms with van der Waals surface area (Å²) < 4.78 is 18.4. The van der Waals surface area contributed by atoms with Crippen molar-refractivity contribution >= 4 is 5.97 Å². The summed E-state index contributed by atoms with van der Waals surface area (Å²) in [7, 11) is 0. The number of carbonyl (C=O) groups excluding carboxylic acids is 1. The van der Waals surface area contributed by atoms with E-state index >= 15 is 0 Å². The Hall–Kier alpha value is -1.64. The molecule has 0 fully saturated rings. The van der Waals surface area contributed by atoms with E-state index in [1.54, 1.807) is 12.1 Å². The second-order valence-electron chi connectivity index (χ2n) is 5.02. The molecule has 1 atom stereocenters. The first-order chi connectivity index (χ1) is 9.13. The third-order valence-electron chi connectivity index (χ3n) is 3.45. The van der Waals surface area contributed by atoms with E-state index in [-0.39, 0.29) is 11.8 Å². The summed E-state index contributed by atoms with van der Waals surface area (Å²) in [6, 6.07) is 6.49. The van der Waals surface area contributed by atoms with E-state index in [4.69, 9.17) is 4.74 Å². The fourth-order valence-electron chi connectivity index (χ4n) is 2.50. The molecule has 2 nitrogen and oxygen atoms in total. The lowest BCUT2D eigenvalue weighted by Crippen LogP contribution is -2.36. The molecule has 0 saturated heterocycles. The number of cyclic esters (lactones) is 1. The van der Waals surface area contributed by atoms with Gasteiger partial charge in [0, 0.05) is 0 Å². The number of esters is 1. The highest BCUT2D eigenvalue weighted by Gasteiger charge is 2.32. The SMILES string of the molecule is CCCC1(CCc2ccc(F)cc2)C=CCC(=O)O1. The summed E-state index contributed by atoms with van der Waals surface area (Å²) in [6.45, 7) is 2.08. The molecular formula is C16H19FO2. The zero-order valence-electron chi connectivity index (χ0n) is 11.2. The van der Waals surface area contributed by atoms with Crippen molar-refractivity contribution in [2.45, 2.75) is 44.6 Å². The Morgan fingerprint density at radius 2 is 2.00 bits per heavy atom. The van der Waals surface area contributed by atoms with Gasteiger partial charge >= 0.3 is 5.97 Å². The molecule has 0 aliphatic carbocycles. The van der Waals surface area contributed by atoms with Gasteiger partial charge in [-0.05, 0) is 43.0 Å². The lowest BCUT2D eigenvalue weighted by Gasteiger charge is -2.33. The molecule has 19 heavy (non-hydrogen) atoms. The molecule has 0 amide bonds. The van der Waals surface area contributed by atoms with Gasteiger partial charge in [-0.1, -0.05) is 31.6 Å². The molecule has 1 heterocycles. The lowest BCUT2D eigenvalue weighted by molar-refractivity contribution is -0.156. The Kier molecular flexibility index (Phi) is 4.35. The van der Waals surface area contributed by atoms with Crippen LogP contribution in [0.25, 0.3) is 0 Å². The number of hydrogen-bond donors (Lipinski definition) is 0. The van der Waals surface area contributed by atoms with Crippen LogP contribution in [0, 0.1) is 5.82 Å². The number of rotatable bonds is 5. The highest BCUT2D eigenvalue weighted by molar-refractivity contribution is 5.73. The average Bonchev–Trinajstić information content (AvgIpc) is 2.39. The van der Waals surface area contributed by atoms with Crippen LogP contribution in [0.1, 0.15) is 38.2 Å². The second-order valence-corrected chi connectivity index (χ2v) is 5.02. The largest absolute Gasteiger partial charge is 0.455 e. The molecule has 0 bridgehead atoms. The molecule has 0 saturated carbocycles. The maximum absolute atomic E-state index is 12.8. The van der Waals surface area contributed by atoms with Crippen LogP contribution in [0.2, 0.25) is 0 Å². The normalized spacial score (nSPS) is 22.3. The molecular weight excluding hydrogens is 243 g/mol. The zero-order chi connectivity index (χ0) is 13.7. The minimum atomic E-state index is -0.474. The van der Waals surface area contributed by atoms with Crippen molar-refractivity contribution in [3.05, 3.63) is 47.8 Å². The maximum atomic E-state index is 12.8. The molecule has 0 aromatic heterocycles. The molecule has 0 N–H and O–H groups in total. The van der Waals surface area contributed by atoms with Gasteiger partial charge in [-0.15, -0.1) is 0 Å². The summed E-state index contributed by atoms with van der Waals surface area (Å²) in [5, 5.41) is 0. The monoisotopic (exact) mass is 262 g/mol. The highest BCUT2D eigenvalue weighted by atomic mass is 19.1. The summed E-state index contributed by atoms with van der Waals surface area (Å²) in [5.41, 5.74) is 0.588. The van der Waals surface area contributed by atoms with Crippen LogP contribution in [0.5, 0.6) is 0 Å². The Balaban J connectivity index is 2.05. The van der Waals surface area contributed by atoms with Crippen LogP contribution < -0.4 is 0 Å². The highest BCUT2D eigenvalue weighted by Crippen LogP contribution is 2.30. The third kappa shape index (κ3) is 3.66. The van der Waals surface area contributed by atoms with Crippen LogP contribution in [-0.4, -0.2) is 11.6 Å². The Morgan fingerprint density at radius 1 is 1.26 bits per heavy atom. The van der Waals surface area contributed by atoms with Crippen LogP contribution in [-0.2, 0) is 16.0 Å². The topological polar surface area (TPSA) is 26.3 Å². The van der Waals surface area contributed by atoms with E-state index in [0.29, 0.717) is 6.42 Å². The van der Waals surface area contributed by atoms with Crippen LogP contribution in [0.4, 0.5) is 4.39 Å². The van der Waals surface area contributed by atoms with Gasteiger partial charge in [-0.25, -0.2) is 4.39 Å². The van der Waals surface area contributed by atoms with Gasteiger partial charge in [0.25, 0.3) is 0 Å². The van der Waals surface area contributed by atoms with E-state index in [1.807, 2.05) is 12.2 Å². The van der Waals surface area contributed by atoms with E-state index in [2.05, 4.69) is 6.92 Å².